The van der Waals surface area contributed by atoms with Crippen LogP contribution in [0.2, 0.25) is 0 Å². The van der Waals surface area contributed by atoms with Gasteiger partial charge in [-0.25, -0.2) is 4.68 Å². The summed E-state index contributed by atoms with van der Waals surface area (Å²) in [6, 6.07) is 13.0. The van der Waals surface area contributed by atoms with Crippen molar-refractivity contribution in [2.45, 2.75) is 6.54 Å². The van der Waals surface area contributed by atoms with Crippen LogP contribution in [-0.4, -0.2) is 63.7 Å². The molecule has 0 bridgehead atoms. The van der Waals surface area contributed by atoms with Crippen LogP contribution in [0.15, 0.2) is 65.8 Å². The number of aromatic amines is 1. The van der Waals surface area contributed by atoms with Gasteiger partial charge in [-0.05, 0) is 29.3 Å². The molecular formula is C24H23N5O4. The van der Waals surface area contributed by atoms with E-state index < -0.39 is 0 Å². The Bertz CT molecular complexity index is 1330. The zero-order chi connectivity index (χ0) is 22.6. The van der Waals surface area contributed by atoms with Crippen molar-refractivity contribution in [2.24, 2.45) is 0 Å². The summed E-state index contributed by atoms with van der Waals surface area (Å²) in [6.45, 7) is 2.53. The monoisotopic (exact) mass is 445 g/mol. The van der Waals surface area contributed by atoms with Crippen LogP contribution >= 0.6 is 0 Å². The number of hydrogen-bond acceptors (Lipinski definition) is 6. The lowest BCUT2D eigenvalue weighted by Crippen LogP contribution is -2.42. The highest BCUT2D eigenvalue weighted by molar-refractivity contribution is 5.85. The molecule has 1 aliphatic heterocycles. The third-order valence-electron chi connectivity index (χ3n) is 5.64. The number of benzene rings is 2. The molecule has 1 aliphatic rings. The van der Waals surface area contributed by atoms with Gasteiger partial charge in [-0.2, -0.15) is 10.2 Å². The Morgan fingerprint density at radius 1 is 1.09 bits per heavy atom. The van der Waals surface area contributed by atoms with Crippen molar-refractivity contribution in [3.8, 4) is 16.9 Å². The van der Waals surface area contributed by atoms with Gasteiger partial charge in [0.05, 0.1) is 37.5 Å². The Morgan fingerprint density at radius 2 is 1.97 bits per heavy atom. The average molecular weight is 445 g/mol. The minimum atomic E-state index is -0.174. The van der Waals surface area contributed by atoms with Crippen LogP contribution in [0.1, 0.15) is 5.56 Å². The van der Waals surface area contributed by atoms with Crippen LogP contribution in [0.4, 0.5) is 0 Å². The summed E-state index contributed by atoms with van der Waals surface area (Å²) in [4.78, 5) is 27.2. The molecule has 0 spiro atoms. The highest BCUT2D eigenvalue weighted by Gasteiger charge is 2.17. The molecule has 1 fully saturated rings. The second kappa shape index (κ2) is 9.25. The molecule has 1 amide bonds. The largest absolute Gasteiger partial charge is 0.484 e. The highest BCUT2D eigenvalue weighted by atomic mass is 16.5. The average Bonchev–Trinajstić information content (AvgIpc) is 3.40. The van der Waals surface area contributed by atoms with Gasteiger partial charge in [-0.3, -0.25) is 14.7 Å². The Hall–Kier alpha value is -3.98. The van der Waals surface area contributed by atoms with E-state index >= 15 is 0 Å². The lowest BCUT2D eigenvalue weighted by molar-refractivity contribution is -0.137. The van der Waals surface area contributed by atoms with Crippen molar-refractivity contribution < 1.29 is 14.3 Å². The minimum absolute atomic E-state index is 0.0333. The van der Waals surface area contributed by atoms with Gasteiger partial charge in [0, 0.05) is 30.2 Å². The number of carbonyl (C=O) groups is 1. The van der Waals surface area contributed by atoms with Gasteiger partial charge in [-0.15, -0.1) is 0 Å². The molecule has 1 saturated heterocycles. The summed E-state index contributed by atoms with van der Waals surface area (Å²) in [5.41, 5.74) is 2.50. The predicted molar refractivity (Wildman–Crippen MR) is 122 cm³/mol. The summed E-state index contributed by atoms with van der Waals surface area (Å²) in [5.74, 6) is 0.509. The number of nitrogens with zero attached hydrogens (tertiary/aromatic N) is 4. The first-order valence-electron chi connectivity index (χ1n) is 10.7. The first-order valence-corrected chi connectivity index (χ1v) is 10.7. The summed E-state index contributed by atoms with van der Waals surface area (Å²) in [7, 11) is 0. The third-order valence-corrected chi connectivity index (χ3v) is 5.64. The number of aromatic nitrogens is 4. The van der Waals surface area contributed by atoms with E-state index in [9.17, 15) is 9.59 Å². The minimum Gasteiger partial charge on any atom is -0.484 e. The summed E-state index contributed by atoms with van der Waals surface area (Å²) < 4.78 is 12.4. The van der Waals surface area contributed by atoms with E-state index in [0.717, 1.165) is 22.1 Å². The molecule has 2 aromatic carbocycles. The van der Waals surface area contributed by atoms with Gasteiger partial charge in [-0.1, -0.05) is 24.3 Å². The lowest BCUT2D eigenvalue weighted by Gasteiger charge is -2.26. The highest BCUT2D eigenvalue weighted by Crippen LogP contribution is 2.21. The van der Waals surface area contributed by atoms with Gasteiger partial charge in [0.15, 0.2) is 6.61 Å². The van der Waals surface area contributed by atoms with Crippen molar-refractivity contribution in [1.29, 1.82) is 0 Å². The van der Waals surface area contributed by atoms with Gasteiger partial charge >= 0.3 is 0 Å². The van der Waals surface area contributed by atoms with E-state index in [0.29, 0.717) is 44.0 Å². The van der Waals surface area contributed by atoms with Gasteiger partial charge in [0.2, 0.25) is 0 Å². The Kier molecular flexibility index (Phi) is 5.86. The Morgan fingerprint density at radius 3 is 2.79 bits per heavy atom. The standard InChI is InChI=1S/C24H23N5O4/c30-23(28-6-8-32-9-7-28)16-33-21-3-1-2-17(10-21)15-29-24(31)22-11-18(20-12-25-26-13-20)4-5-19(22)14-27-29/h1-5,10-14H,6-9,15-16H2,(H,25,26). The van der Waals surface area contributed by atoms with Crippen LogP contribution in [-0.2, 0) is 16.1 Å². The fourth-order valence-electron chi connectivity index (χ4n) is 3.83. The van der Waals surface area contributed by atoms with Crippen LogP contribution in [0, 0.1) is 0 Å². The molecule has 9 nitrogen and oxygen atoms in total. The van der Waals surface area contributed by atoms with Crippen LogP contribution in [0.5, 0.6) is 5.75 Å². The Labute approximate surface area is 189 Å². The normalized spacial score (nSPS) is 13.9. The second-order valence-electron chi connectivity index (χ2n) is 7.83. The molecule has 0 saturated carbocycles. The molecular weight excluding hydrogens is 422 g/mol. The van der Waals surface area contributed by atoms with E-state index in [1.165, 1.54) is 4.68 Å². The number of rotatable bonds is 6. The lowest BCUT2D eigenvalue weighted by atomic mass is 10.1. The number of nitrogens with one attached hydrogen (secondary N) is 1. The number of hydrogen-bond donors (Lipinski definition) is 1. The summed E-state index contributed by atoms with van der Waals surface area (Å²) in [5, 5.41) is 12.5. The molecule has 1 N–H and O–H groups in total. The Balaban J connectivity index is 1.32. The summed E-state index contributed by atoms with van der Waals surface area (Å²) in [6.07, 6.45) is 5.20. The third kappa shape index (κ3) is 4.63. The van der Waals surface area contributed by atoms with Gasteiger partial charge < -0.3 is 14.4 Å². The van der Waals surface area contributed by atoms with Gasteiger partial charge in [0.1, 0.15) is 5.75 Å². The molecule has 168 valence electrons. The van der Waals surface area contributed by atoms with Crippen molar-refractivity contribution >= 4 is 16.7 Å². The predicted octanol–water partition coefficient (Wildman–Crippen LogP) is 2.07. The van der Waals surface area contributed by atoms with E-state index in [2.05, 4.69) is 15.3 Å². The molecule has 0 aliphatic carbocycles. The molecule has 9 heteroatoms. The maximum absolute atomic E-state index is 13.1. The van der Waals surface area contributed by atoms with Crippen molar-refractivity contribution in [2.75, 3.05) is 32.9 Å². The molecule has 0 atom stereocenters. The first-order chi connectivity index (χ1) is 16.2. The zero-order valence-corrected chi connectivity index (χ0v) is 17.9. The van der Waals surface area contributed by atoms with Gasteiger partial charge in [0.25, 0.3) is 11.5 Å². The fraction of sp³-hybridized carbons (Fsp3) is 0.250. The van der Waals surface area contributed by atoms with E-state index in [-0.39, 0.29) is 18.1 Å². The van der Waals surface area contributed by atoms with Crippen molar-refractivity contribution in [3.05, 3.63) is 77.0 Å². The van der Waals surface area contributed by atoms with Crippen LogP contribution in [0.25, 0.3) is 21.9 Å². The number of morpholine rings is 1. The second-order valence-corrected chi connectivity index (χ2v) is 7.83. The molecule has 5 rings (SSSR count). The number of carbonyl (C=O) groups excluding carboxylic acids is 1. The molecule has 33 heavy (non-hydrogen) atoms. The molecule has 4 aromatic rings. The molecule has 0 radical (unpaired) electrons. The molecule has 0 unspecified atom stereocenters. The number of ether oxygens (including phenoxy) is 2. The topological polar surface area (TPSA) is 102 Å². The molecule has 3 heterocycles. The number of H-pyrrole nitrogens is 1. The van der Waals surface area contributed by atoms with E-state index in [1.54, 1.807) is 29.6 Å². The zero-order valence-electron chi connectivity index (χ0n) is 17.9. The van der Waals surface area contributed by atoms with Crippen molar-refractivity contribution in [3.63, 3.8) is 0 Å². The molecule has 2 aromatic heterocycles. The van der Waals surface area contributed by atoms with Crippen LogP contribution in [0.3, 0.4) is 0 Å². The number of amides is 1. The maximum atomic E-state index is 13.1. The smallest absolute Gasteiger partial charge is 0.274 e. The van der Waals surface area contributed by atoms with Crippen LogP contribution < -0.4 is 10.3 Å². The maximum Gasteiger partial charge on any atom is 0.274 e. The quantitative estimate of drug-likeness (QED) is 0.488. The number of fused-ring (bicyclic) bond motifs is 1. The summed E-state index contributed by atoms with van der Waals surface area (Å²) >= 11 is 0. The van der Waals surface area contributed by atoms with E-state index in [4.69, 9.17) is 9.47 Å². The SMILES string of the molecule is O=C(COc1cccc(Cn2ncc3ccc(-c4cn[nH]c4)cc3c2=O)c1)N1CCOCC1. The fourth-order valence-corrected chi connectivity index (χ4v) is 3.83. The first kappa shape index (κ1) is 20.9. The van der Waals surface area contributed by atoms with Crippen molar-refractivity contribution in [1.82, 2.24) is 24.9 Å². The van der Waals surface area contributed by atoms with E-state index in [1.807, 2.05) is 36.4 Å².